The molecule has 0 aliphatic rings. The van der Waals surface area contributed by atoms with Gasteiger partial charge in [-0.05, 0) is 30.3 Å². The van der Waals surface area contributed by atoms with Crippen LogP contribution in [-0.2, 0) is 6.54 Å². The maximum absolute atomic E-state index is 12.8. The molecule has 0 aliphatic heterocycles. The number of nitrogens with zero attached hydrogens (tertiary/aromatic N) is 1. The molecule has 8 heteroatoms. The smallest absolute Gasteiger partial charge is 0.422 e. The van der Waals surface area contributed by atoms with Gasteiger partial charge in [0.25, 0.3) is 5.91 Å². The minimum absolute atomic E-state index is 0.0722. The maximum Gasteiger partial charge on any atom is 0.422 e. The third kappa shape index (κ3) is 5.24. The number of halogens is 4. The number of rotatable bonds is 5. The highest BCUT2D eigenvalue weighted by atomic mass is 19.4. The number of alkyl halides is 3. The molecule has 122 valence electrons. The second-order valence-corrected chi connectivity index (χ2v) is 4.56. The zero-order valence-electron chi connectivity index (χ0n) is 11.7. The van der Waals surface area contributed by atoms with E-state index in [2.05, 4.69) is 15.0 Å². The first-order valence-corrected chi connectivity index (χ1v) is 6.52. The molecule has 0 fully saturated rings. The van der Waals surface area contributed by atoms with Crippen molar-refractivity contribution in [2.45, 2.75) is 12.7 Å². The van der Waals surface area contributed by atoms with E-state index in [4.69, 9.17) is 0 Å². The van der Waals surface area contributed by atoms with Gasteiger partial charge in [0.1, 0.15) is 5.82 Å². The van der Waals surface area contributed by atoms with E-state index in [1.807, 2.05) is 0 Å². The average Bonchev–Trinajstić information content (AvgIpc) is 2.51. The van der Waals surface area contributed by atoms with Crippen LogP contribution in [0.2, 0.25) is 0 Å². The van der Waals surface area contributed by atoms with E-state index in [1.54, 1.807) is 0 Å². The van der Waals surface area contributed by atoms with Gasteiger partial charge in [-0.1, -0.05) is 6.07 Å². The van der Waals surface area contributed by atoms with Crippen molar-refractivity contribution >= 4 is 5.91 Å². The Hall–Kier alpha value is -2.64. The number of hydrogen-bond donors (Lipinski definition) is 1. The lowest BCUT2D eigenvalue weighted by molar-refractivity contribution is -0.154. The lowest BCUT2D eigenvalue weighted by Gasteiger charge is -2.12. The quantitative estimate of drug-likeness (QED) is 0.858. The number of hydrogen-bond acceptors (Lipinski definition) is 3. The van der Waals surface area contributed by atoms with Gasteiger partial charge >= 0.3 is 6.18 Å². The van der Waals surface area contributed by atoms with Crippen molar-refractivity contribution in [3.8, 4) is 5.88 Å². The summed E-state index contributed by atoms with van der Waals surface area (Å²) in [5.74, 6) is -1.17. The van der Waals surface area contributed by atoms with Gasteiger partial charge in [-0.15, -0.1) is 0 Å². The fourth-order valence-corrected chi connectivity index (χ4v) is 1.72. The third-order valence-corrected chi connectivity index (χ3v) is 2.77. The lowest BCUT2D eigenvalue weighted by Crippen LogP contribution is -2.24. The van der Waals surface area contributed by atoms with E-state index in [-0.39, 0.29) is 18.0 Å². The minimum atomic E-state index is -4.48. The molecule has 0 unspecified atom stereocenters. The highest BCUT2D eigenvalue weighted by Gasteiger charge is 2.29. The third-order valence-electron chi connectivity index (χ3n) is 2.77. The molecule has 2 rings (SSSR count). The van der Waals surface area contributed by atoms with Gasteiger partial charge in [-0.25, -0.2) is 9.37 Å². The van der Waals surface area contributed by atoms with Gasteiger partial charge in [0.15, 0.2) is 6.61 Å². The number of benzene rings is 1. The van der Waals surface area contributed by atoms with Crippen molar-refractivity contribution in [3.05, 3.63) is 59.5 Å². The normalized spacial score (nSPS) is 11.1. The minimum Gasteiger partial charge on any atom is -0.468 e. The molecule has 0 saturated carbocycles. The van der Waals surface area contributed by atoms with Crippen LogP contribution >= 0.6 is 0 Å². The molecule has 0 spiro atoms. The van der Waals surface area contributed by atoms with Gasteiger partial charge in [-0.2, -0.15) is 13.2 Å². The molecule has 1 amide bonds. The van der Waals surface area contributed by atoms with Crippen molar-refractivity contribution < 1.29 is 27.1 Å². The number of carbonyl (C=O) groups excluding carboxylic acids is 1. The Morgan fingerprint density at radius 3 is 2.52 bits per heavy atom. The van der Waals surface area contributed by atoms with Crippen LogP contribution in [0.5, 0.6) is 5.88 Å². The summed E-state index contributed by atoms with van der Waals surface area (Å²) in [6, 6.07) is 7.88. The lowest BCUT2D eigenvalue weighted by atomic mass is 10.2. The summed E-state index contributed by atoms with van der Waals surface area (Å²) >= 11 is 0. The Balaban J connectivity index is 2.00. The van der Waals surface area contributed by atoms with E-state index in [0.717, 1.165) is 12.1 Å². The average molecular weight is 328 g/mol. The maximum atomic E-state index is 12.8. The molecule has 1 aromatic carbocycles. The van der Waals surface area contributed by atoms with E-state index in [1.165, 1.54) is 30.5 Å². The highest BCUT2D eigenvalue weighted by molar-refractivity contribution is 5.94. The summed E-state index contributed by atoms with van der Waals surface area (Å²) in [5, 5.41) is 2.51. The number of amides is 1. The molecule has 0 saturated heterocycles. The predicted molar refractivity (Wildman–Crippen MR) is 73.4 cm³/mol. The van der Waals surface area contributed by atoms with Gasteiger partial charge in [-0.3, -0.25) is 4.79 Å². The number of carbonyl (C=O) groups is 1. The molecular formula is C15H12F4N2O2. The first-order valence-electron chi connectivity index (χ1n) is 6.52. The predicted octanol–water partition coefficient (Wildman–Crippen LogP) is 3.09. The van der Waals surface area contributed by atoms with Crippen LogP contribution in [-0.4, -0.2) is 23.7 Å². The molecule has 4 nitrogen and oxygen atoms in total. The van der Waals surface area contributed by atoms with E-state index >= 15 is 0 Å². The van der Waals surface area contributed by atoms with Crippen LogP contribution in [0.25, 0.3) is 0 Å². The van der Waals surface area contributed by atoms with Crippen molar-refractivity contribution in [2.24, 2.45) is 0 Å². The molecule has 0 radical (unpaired) electrons. The van der Waals surface area contributed by atoms with Crippen molar-refractivity contribution in [1.29, 1.82) is 0 Å². The largest absolute Gasteiger partial charge is 0.468 e. The number of nitrogens with one attached hydrogen (secondary N) is 1. The Bertz CT molecular complexity index is 672. The topological polar surface area (TPSA) is 51.2 Å². The number of aromatic nitrogens is 1. The molecule has 1 aromatic heterocycles. The Kier molecular flexibility index (Phi) is 5.15. The Morgan fingerprint density at radius 2 is 1.87 bits per heavy atom. The van der Waals surface area contributed by atoms with Crippen LogP contribution in [0.1, 0.15) is 15.9 Å². The molecule has 0 aliphatic carbocycles. The van der Waals surface area contributed by atoms with Crippen LogP contribution in [0.4, 0.5) is 17.6 Å². The molecule has 1 N–H and O–H groups in total. The Morgan fingerprint density at radius 1 is 1.17 bits per heavy atom. The standard InChI is InChI=1S/C15H12F4N2O2/c16-12-5-3-10(4-6-12)13(22)21-8-11-2-1-7-20-14(11)23-9-15(17,18)19/h1-7H,8-9H2,(H,21,22). The van der Waals surface area contributed by atoms with Crippen LogP contribution in [0, 0.1) is 5.82 Å². The summed E-state index contributed by atoms with van der Waals surface area (Å²) in [7, 11) is 0. The van der Waals surface area contributed by atoms with E-state index in [0.29, 0.717) is 5.56 Å². The Labute approximate surface area is 129 Å². The number of ether oxygens (including phenoxy) is 1. The fourth-order valence-electron chi connectivity index (χ4n) is 1.72. The zero-order valence-corrected chi connectivity index (χ0v) is 11.7. The molecular weight excluding hydrogens is 316 g/mol. The molecule has 1 heterocycles. The fraction of sp³-hybridized carbons (Fsp3) is 0.200. The highest BCUT2D eigenvalue weighted by Crippen LogP contribution is 2.19. The summed E-state index contributed by atoms with van der Waals surface area (Å²) in [6.45, 7) is -1.54. The summed E-state index contributed by atoms with van der Waals surface area (Å²) in [5.41, 5.74) is 0.528. The first-order chi connectivity index (χ1) is 10.8. The SMILES string of the molecule is O=C(NCc1cccnc1OCC(F)(F)F)c1ccc(F)cc1. The van der Waals surface area contributed by atoms with Gasteiger partial charge in [0, 0.05) is 23.9 Å². The van der Waals surface area contributed by atoms with Crippen molar-refractivity contribution in [1.82, 2.24) is 10.3 Å². The van der Waals surface area contributed by atoms with Gasteiger partial charge in [0.2, 0.25) is 5.88 Å². The molecule has 2 aromatic rings. The van der Waals surface area contributed by atoms with Crippen molar-refractivity contribution in [2.75, 3.05) is 6.61 Å². The first kappa shape index (κ1) is 16.7. The second-order valence-electron chi connectivity index (χ2n) is 4.56. The summed E-state index contributed by atoms with van der Waals surface area (Å²) in [4.78, 5) is 15.6. The van der Waals surface area contributed by atoms with Crippen molar-refractivity contribution in [3.63, 3.8) is 0 Å². The van der Waals surface area contributed by atoms with Crippen LogP contribution < -0.4 is 10.1 Å². The van der Waals surface area contributed by atoms with E-state index < -0.39 is 24.5 Å². The second kappa shape index (κ2) is 7.08. The monoisotopic (exact) mass is 328 g/mol. The van der Waals surface area contributed by atoms with E-state index in [9.17, 15) is 22.4 Å². The molecule has 0 bridgehead atoms. The molecule has 0 atom stereocenters. The summed E-state index contributed by atoms with van der Waals surface area (Å²) in [6.07, 6.45) is -3.19. The van der Waals surface area contributed by atoms with Gasteiger partial charge < -0.3 is 10.1 Å². The summed E-state index contributed by atoms with van der Waals surface area (Å²) < 4.78 is 54.0. The van der Waals surface area contributed by atoms with Crippen LogP contribution in [0.3, 0.4) is 0 Å². The molecule has 23 heavy (non-hydrogen) atoms. The van der Waals surface area contributed by atoms with Crippen LogP contribution in [0.15, 0.2) is 42.6 Å². The van der Waals surface area contributed by atoms with Gasteiger partial charge in [0.05, 0.1) is 0 Å². The number of pyridine rings is 1. The zero-order chi connectivity index (χ0) is 16.9.